The number of benzene rings is 1. The minimum absolute atomic E-state index is 0.0792. The summed E-state index contributed by atoms with van der Waals surface area (Å²) in [5.74, 6) is 0.460. The van der Waals surface area contributed by atoms with Crippen LogP contribution in [0.3, 0.4) is 0 Å². The lowest BCUT2D eigenvalue weighted by Gasteiger charge is -2.32. The molecule has 1 unspecified atom stereocenters. The van der Waals surface area contributed by atoms with Crippen LogP contribution in [0.15, 0.2) is 35.6 Å². The molecule has 0 radical (unpaired) electrons. The highest BCUT2D eigenvalue weighted by atomic mass is 16.5. The van der Waals surface area contributed by atoms with Gasteiger partial charge in [0, 0.05) is 5.56 Å². The smallest absolute Gasteiger partial charge is 0.307 e. The van der Waals surface area contributed by atoms with Gasteiger partial charge in [0.25, 0.3) is 0 Å². The number of aliphatic carboxylic acids is 1. The molecule has 1 atom stereocenters. The van der Waals surface area contributed by atoms with Crippen LogP contribution < -0.4 is 10.5 Å². The SMILES string of the molecule is CC1(C)Oc2ncnc(N)c2N=C1c1ccc(C2CCC3(CC2)CC3C(=O)O)cc1. The largest absolute Gasteiger partial charge is 0.481 e. The summed E-state index contributed by atoms with van der Waals surface area (Å²) in [6, 6.07) is 8.51. The van der Waals surface area contributed by atoms with E-state index in [-0.39, 0.29) is 11.3 Å². The second-order valence-electron chi connectivity index (χ2n) is 9.34. The van der Waals surface area contributed by atoms with Crippen LogP contribution in [0.1, 0.15) is 63.0 Å². The third kappa shape index (κ3) is 3.04. The Bertz CT molecular complexity index is 1040. The number of nitrogen functional groups attached to an aromatic ring is 1. The van der Waals surface area contributed by atoms with Crippen LogP contribution in [-0.2, 0) is 4.79 Å². The zero-order valence-corrected chi connectivity index (χ0v) is 17.3. The molecule has 1 spiro atoms. The van der Waals surface area contributed by atoms with Gasteiger partial charge in [-0.15, -0.1) is 0 Å². The second-order valence-corrected chi connectivity index (χ2v) is 9.34. The zero-order chi connectivity index (χ0) is 21.1. The lowest BCUT2D eigenvalue weighted by atomic mass is 9.75. The highest BCUT2D eigenvalue weighted by molar-refractivity contribution is 6.09. The van der Waals surface area contributed by atoms with E-state index in [1.165, 1.54) is 11.9 Å². The van der Waals surface area contributed by atoms with Gasteiger partial charge in [0.1, 0.15) is 11.9 Å². The average molecular weight is 406 g/mol. The lowest BCUT2D eigenvalue weighted by molar-refractivity contribution is -0.139. The van der Waals surface area contributed by atoms with Gasteiger partial charge in [-0.05, 0) is 62.8 Å². The minimum Gasteiger partial charge on any atom is -0.481 e. The molecule has 0 saturated heterocycles. The summed E-state index contributed by atoms with van der Waals surface area (Å²) in [5.41, 5.74) is 8.98. The maximum absolute atomic E-state index is 11.3. The zero-order valence-electron chi connectivity index (χ0n) is 17.3. The highest BCUT2D eigenvalue weighted by Gasteiger charge is 2.58. The van der Waals surface area contributed by atoms with Crippen LogP contribution >= 0.6 is 0 Å². The first-order valence-corrected chi connectivity index (χ1v) is 10.5. The normalized spacial score (nSPS) is 28.9. The van der Waals surface area contributed by atoms with E-state index in [2.05, 4.69) is 34.2 Å². The third-order valence-corrected chi connectivity index (χ3v) is 7.09. The van der Waals surface area contributed by atoms with Crippen molar-refractivity contribution in [1.82, 2.24) is 9.97 Å². The summed E-state index contributed by atoms with van der Waals surface area (Å²) >= 11 is 0. The first kappa shape index (κ1) is 19.0. The van der Waals surface area contributed by atoms with E-state index in [1.807, 2.05) is 13.8 Å². The number of rotatable bonds is 3. The van der Waals surface area contributed by atoms with Crippen molar-refractivity contribution < 1.29 is 14.6 Å². The van der Waals surface area contributed by atoms with E-state index in [1.54, 1.807) is 0 Å². The molecule has 1 aliphatic heterocycles. The molecule has 7 heteroatoms. The Balaban J connectivity index is 1.36. The Morgan fingerprint density at radius 2 is 1.87 bits per heavy atom. The molecule has 2 saturated carbocycles. The number of hydrogen-bond donors (Lipinski definition) is 2. The molecule has 2 aliphatic carbocycles. The molecule has 3 aliphatic rings. The van der Waals surface area contributed by atoms with Gasteiger partial charge in [0.2, 0.25) is 5.88 Å². The van der Waals surface area contributed by atoms with Crippen molar-refractivity contribution in [3.63, 3.8) is 0 Å². The molecule has 30 heavy (non-hydrogen) atoms. The van der Waals surface area contributed by atoms with Crippen molar-refractivity contribution >= 4 is 23.2 Å². The number of carboxylic acid groups (broad SMARTS) is 1. The Kier molecular flexibility index (Phi) is 4.14. The Morgan fingerprint density at radius 3 is 2.50 bits per heavy atom. The van der Waals surface area contributed by atoms with E-state index in [9.17, 15) is 9.90 Å². The average Bonchev–Trinajstić information content (AvgIpc) is 3.42. The topological polar surface area (TPSA) is 111 Å². The molecular weight excluding hydrogens is 380 g/mol. The van der Waals surface area contributed by atoms with Gasteiger partial charge in [0.05, 0.1) is 11.6 Å². The summed E-state index contributed by atoms with van der Waals surface area (Å²) in [5, 5.41) is 9.29. The van der Waals surface area contributed by atoms with Crippen molar-refractivity contribution in [1.29, 1.82) is 0 Å². The predicted octanol–water partition coefficient (Wildman–Crippen LogP) is 4.10. The monoisotopic (exact) mass is 406 g/mol. The number of ether oxygens (including phenoxy) is 1. The van der Waals surface area contributed by atoms with Crippen LogP contribution in [-0.4, -0.2) is 32.4 Å². The van der Waals surface area contributed by atoms with E-state index in [4.69, 9.17) is 15.5 Å². The van der Waals surface area contributed by atoms with Crippen molar-refractivity contribution in [2.24, 2.45) is 16.3 Å². The molecule has 7 nitrogen and oxygen atoms in total. The molecule has 0 amide bonds. The van der Waals surface area contributed by atoms with Gasteiger partial charge in [0.15, 0.2) is 11.5 Å². The van der Waals surface area contributed by atoms with Crippen molar-refractivity contribution in [2.75, 3.05) is 5.73 Å². The quantitative estimate of drug-likeness (QED) is 0.794. The molecule has 0 bridgehead atoms. The van der Waals surface area contributed by atoms with Crippen LogP contribution in [0, 0.1) is 11.3 Å². The van der Waals surface area contributed by atoms with Crippen LogP contribution in [0.2, 0.25) is 0 Å². The second kappa shape index (κ2) is 6.52. The predicted molar refractivity (Wildman–Crippen MR) is 113 cm³/mol. The number of nitrogens with two attached hydrogens (primary N) is 1. The van der Waals surface area contributed by atoms with E-state index < -0.39 is 11.6 Å². The number of nitrogens with zero attached hydrogens (tertiary/aromatic N) is 3. The molecule has 1 aromatic heterocycles. The van der Waals surface area contributed by atoms with E-state index >= 15 is 0 Å². The molecule has 2 fully saturated rings. The van der Waals surface area contributed by atoms with Crippen molar-refractivity contribution in [2.45, 2.75) is 57.5 Å². The molecule has 1 aromatic carbocycles. The third-order valence-electron chi connectivity index (χ3n) is 7.09. The number of carboxylic acids is 1. The number of fused-ring (bicyclic) bond motifs is 1. The van der Waals surface area contributed by atoms with Crippen LogP contribution in [0.25, 0.3) is 0 Å². The van der Waals surface area contributed by atoms with Gasteiger partial charge in [-0.1, -0.05) is 24.3 Å². The number of carbonyl (C=O) groups is 1. The van der Waals surface area contributed by atoms with Gasteiger partial charge in [-0.3, -0.25) is 4.79 Å². The fourth-order valence-corrected chi connectivity index (χ4v) is 5.19. The summed E-state index contributed by atoms with van der Waals surface area (Å²) < 4.78 is 6.06. The maximum Gasteiger partial charge on any atom is 0.307 e. The Labute approximate surface area is 175 Å². The first-order valence-electron chi connectivity index (χ1n) is 10.5. The van der Waals surface area contributed by atoms with Gasteiger partial charge in [-0.25, -0.2) is 9.98 Å². The summed E-state index contributed by atoms with van der Waals surface area (Å²) in [6.07, 6.45) is 6.38. The number of aliphatic imine (C=N–C) groups is 1. The number of anilines is 1. The number of aromatic nitrogens is 2. The Morgan fingerprint density at radius 1 is 1.17 bits per heavy atom. The standard InChI is InChI=1S/C23H26N4O3/c1-22(2)18(27-17-19(24)25-12-26-20(17)30-22)15-5-3-13(4-6-15)14-7-9-23(10-8-14)11-16(23)21(28)29/h3-6,12,14,16H,7-11H2,1-2H3,(H,28,29)(H2,24,25,26). The molecular formula is C23H26N4O3. The van der Waals surface area contributed by atoms with Crippen LogP contribution in [0.5, 0.6) is 5.88 Å². The van der Waals surface area contributed by atoms with Gasteiger partial charge in [-0.2, -0.15) is 4.98 Å². The van der Waals surface area contributed by atoms with Crippen molar-refractivity contribution in [3.05, 3.63) is 41.7 Å². The molecule has 2 heterocycles. The number of hydrogen-bond acceptors (Lipinski definition) is 6. The first-order chi connectivity index (χ1) is 14.3. The van der Waals surface area contributed by atoms with Gasteiger partial charge >= 0.3 is 5.97 Å². The summed E-state index contributed by atoms with van der Waals surface area (Å²) in [7, 11) is 0. The Hall–Kier alpha value is -2.96. The lowest BCUT2D eigenvalue weighted by Crippen LogP contribution is -2.41. The van der Waals surface area contributed by atoms with E-state index in [0.29, 0.717) is 23.3 Å². The van der Waals surface area contributed by atoms with Crippen molar-refractivity contribution in [3.8, 4) is 5.88 Å². The molecule has 3 N–H and O–H groups in total. The fraction of sp³-hybridized carbons (Fsp3) is 0.478. The fourth-order valence-electron chi connectivity index (χ4n) is 5.19. The van der Waals surface area contributed by atoms with E-state index in [0.717, 1.165) is 43.4 Å². The minimum atomic E-state index is -0.635. The maximum atomic E-state index is 11.3. The summed E-state index contributed by atoms with van der Waals surface area (Å²) in [4.78, 5) is 24.2. The molecule has 156 valence electrons. The van der Waals surface area contributed by atoms with Crippen LogP contribution in [0.4, 0.5) is 11.5 Å². The highest BCUT2D eigenvalue weighted by Crippen LogP contribution is 2.63. The van der Waals surface area contributed by atoms with Gasteiger partial charge < -0.3 is 15.6 Å². The summed E-state index contributed by atoms with van der Waals surface area (Å²) in [6.45, 7) is 3.94. The molecule has 2 aromatic rings. The molecule has 5 rings (SSSR count).